The van der Waals surface area contributed by atoms with Crippen LogP contribution in [0.5, 0.6) is 0 Å². The highest BCUT2D eigenvalue weighted by Crippen LogP contribution is 2.46. The number of rotatable bonds is 0. The number of benzene rings is 1. The van der Waals surface area contributed by atoms with Gasteiger partial charge in [-0.15, -0.1) is 0 Å². The largest absolute Gasteiger partial charge is 0.0558 e. The van der Waals surface area contributed by atoms with Gasteiger partial charge in [-0.25, -0.2) is 0 Å². The molecule has 2 aliphatic rings. The van der Waals surface area contributed by atoms with Gasteiger partial charge < -0.3 is 0 Å². The minimum absolute atomic E-state index is 0.523. The van der Waals surface area contributed by atoms with Crippen molar-refractivity contribution in [2.75, 3.05) is 0 Å². The molecule has 0 amide bonds. The summed E-state index contributed by atoms with van der Waals surface area (Å²) in [4.78, 5) is 0. The van der Waals surface area contributed by atoms with Gasteiger partial charge in [0.25, 0.3) is 0 Å². The Balaban J connectivity index is 2.26. The molecule has 1 aromatic rings. The fourth-order valence-corrected chi connectivity index (χ4v) is 3.82. The van der Waals surface area contributed by atoms with E-state index in [2.05, 4.69) is 26.0 Å². The second-order valence-corrected chi connectivity index (χ2v) is 5.73. The first-order valence-electron chi connectivity index (χ1n) is 6.32. The van der Waals surface area contributed by atoms with E-state index >= 15 is 0 Å². The summed E-state index contributed by atoms with van der Waals surface area (Å²) in [5.41, 5.74) is 7.06. The minimum atomic E-state index is 0.523. The lowest BCUT2D eigenvalue weighted by Crippen LogP contribution is -2.32. The van der Waals surface area contributed by atoms with Crippen LogP contribution >= 0.6 is 0 Å². The molecule has 0 N–H and O–H groups in total. The lowest BCUT2D eigenvalue weighted by Gasteiger charge is -2.41. The molecule has 1 aromatic carbocycles. The topological polar surface area (TPSA) is 0 Å². The maximum atomic E-state index is 2.49. The van der Waals surface area contributed by atoms with Crippen LogP contribution in [-0.2, 0) is 18.3 Å². The molecule has 0 aliphatic heterocycles. The Morgan fingerprint density at radius 2 is 1.53 bits per heavy atom. The van der Waals surface area contributed by atoms with E-state index in [-0.39, 0.29) is 0 Å². The molecule has 0 aromatic heterocycles. The Kier molecular flexibility index (Phi) is 1.95. The molecule has 0 radical (unpaired) electrons. The van der Waals surface area contributed by atoms with Gasteiger partial charge >= 0.3 is 0 Å². The van der Waals surface area contributed by atoms with Crippen LogP contribution in [-0.4, -0.2) is 0 Å². The third-order valence-electron chi connectivity index (χ3n) is 4.40. The maximum absolute atomic E-state index is 2.49. The molecule has 3 rings (SSSR count). The minimum Gasteiger partial charge on any atom is -0.0558 e. The molecule has 80 valence electrons. The molecule has 0 spiro atoms. The fraction of sp³-hybridized carbons (Fsp3) is 0.600. The van der Waals surface area contributed by atoms with Crippen LogP contribution in [0, 0.1) is 6.92 Å². The van der Waals surface area contributed by atoms with Crippen molar-refractivity contribution < 1.29 is 0 Å². The van der Waals surface area contributed by atoms with E-state index < -0.39 is 0 Å². The van der Waals surface area contributed by atoms with Crippen molar-refractivity contribution in [3.05, 3.63) is 34.4 Å². The Labute approximate surface area is 92.7 Å². The first kappa shape index (κ1) is 9.45. The van der Waals surface area contributed by atoms with E-state index in [1.165, 1.54) is 44.1 Å². The lowest BCUT2D eigenvalue weighted by molar-refractivity contribution is 0.337. The smallest absolute Gasteiger partial charge is 0.00696 e. The summed E-state index contributed by atoms with van der Waals surface area (Å²) < 4.78 is 0. The van der Waals surface area contributed by atoms with Crippen molar-refractivity contribution in [2.45, 2.75) is 57.8 Å². The van der Waals surface area contributed by atoms with E-state index in [0.717, 1.165) is 0 Å². The van der Waals surface area contributed by atoms with Gasteiger partial charge in [0, 0.05) is 0 Å². The summed E-state index contributed by atoms with van der Waals surface area (Å²) >= 11 is 0. The van der Waals surface area contributed by atoms with Crippen LogP contribution in [0.15, 0.2) is 12.1 Å². The monoisotopic (exact) mass is 200 g/mol. The second kappa shape index (κ2) is 3.10. The zero-order valence-electron chi connectivity index (χ0n) is 9.90. The summed E-state index contributed by atoms with van der Waals surface area (Å²) in [5, 5.41) is 0. The molecule has 0 nitrogen and oxygen atoms in total. The van der Waals surface area contributed by atoms with E-state index in [0.29, 0.717) is 5.41 Å². The van der Waals surface area contributed by atoms with Crippen LogP contribution in [0.3, 0.4) is 0 Å². The highest BCUT2D eigenvalue weighted by Gasteiger charge is 2.36. The van der Waals surface area contributed by atoms with Crippen molar-refractivity contribution in [3.8, 4) is 0 Å². The van der Waals surface area contributed by atoms with E-state index in [1.54, 1.807) is 16.7 Å². The summed E-state index contributed by atoms with van der Waals surface area (Å²) in [6.07, 6.45) is 8.25. The SMILES string of the molecule is Cc1cc2c3c(c1)CCCC3(C)CCC2. The van der Waals surface area contributed by atoms with Crippen molar-refractivity contribution in [1.82, 2.24) is 0 Å². The lowest BCUT2D eigenvalue weighted by atomic mass is 9.63. The molecule has 0 saturated heterocycles. The van der Waals surface area contributed by atoms with Gasteiger partial charge in [-0.05, 0) is 67.6 Å². The van der Waals surface area contributed by atoms with Crippen LogP contribution in [0.25, 0.3) is 0 Å². The Bertz CT molecular complexity index is 369. The Morgan fingerprint density at radius 1 is 1.00 bits per heavy atom. The molecular formula is C15H20. The predicted molar refractivity (Wildman–Crippen MR) is 64.4 cm³/mol. The molecule has 15 heavy (non-hydrogen) atoms. The zero-order valence-corrected chi connectivity index (χ0v) is 9.90. The predicted octanol–water partition coefficient (Wildman–Crippen LogP) is 3.93. The van der Waals surface area contributed by atoms with Crippen molar-refractivity contribution >= 4 is 0 Å². The third kappa shape index (κ3) is 1.34. The summed E-state index contributed by atoms with van der Waals surface area (Å²) in [6, 6.07) is 4.86. The fourth-order valence-electron chi connectivity index (χ4n) is 3.82. The van der Waals surface area contributed by atoms with Crippen molar-refractivity contribution in [2.24, 2.45) is 0 Å². The highest BCUT2D eigenvalue weighted by molar-refractivity contribution is 5.46. The quantitative estimate of drug-likeness (QED) is 0.595. The molecule has 0 atom stereocenters. The Hall–Kier alpha value is -0.780. The number of hydrogen-bond acceptors (Lipinski definition) is 0. The van der Waals surface area contributed by atoms with Crippen LogP contribution in [0.1, 0.15) is 54.9 Å². The Morgan fingerprint density at radius 3 is 2.07 bits per heavy atom. The van der Waals surface area contributed by atoms with Gasteiger partial charge in [0.15, 0.2) is 0 Å². The zero-order chi connectivity index (χ0) is 10.5. The van der Waals surface area contributed by atoms with Crippen LogP contribution < -0.4 is 0 Å². The molecule has 2 aliphatic carbocycles. The van der Waals surface area contributed by atoms with Crippen LogP contribution in [0.2, 0.25) is 0 Å². The molecule has 0 unspecified atom stereocenters. The van der Waals surface area contributed by atoms with Gasteiger partial charge in [-0.1, -0.05) is 24.6 Å². The van der Waals surface area contributed by atoms with Crippen LogP contribution in [0.4, 0.5) is 0 Å². The molecule has 0 fully saturated rings. The molecule has 0 bridgehead atoms. The standard InChI is InChI=1S/C15H20/c1-11-9-12-5-3-7-15(2)8-4-6-13(10-11)14(12)15/h9-10H,3-8H2,1-2H3. The second-order valence-electron chi connectivity index (χ2n) is 5.73. The average molecular weight is 200 g/mol. The molecule has 0 saturated carbocycles. The van der Waals surface area contributed by atoms with Gasteiger partial charge in [-0.2, -0.15) is 0 Å². The normalized spacial score (nSPS) is 22.3. The van der Waals surface area contributed by atoms with E-state index in [1.807, 2.05) is 0 Å². The maximum Gasteiger partial charge on any atom is -0.00696 e. The van der Waals surface area contributed by atoms with Gasteiger partial charge in [0.05, 0.1) is 0 Å². The summed E-state index contributed by atoms with van der Waals surface area (Å²) in [5.74, 6) is 0. The van der Waals surface area contributed by atoms with E-state index in [4.69, 9.17) is 0 Å². The third-order valence-corrected chi connectivity index (χ3v) is 4.40. The van der Waals surface area contributed by atoms with Crippen molar-refractivity contribution in [3.63, 3.8) is 0 Å². The van der Waals surface area contributed by atoms with Gasteiger partial charge in [0.1, 0.15) is 0 Å². The first-order valence-corrected chi connectivity index (χ1v) is 6.32. The molecule has 0 heterocycles. The summed E-state index contributed by atoms with van der Waals surface area (Å²) in [6.45, 7) is 4.74. The summed E-state index contributed by atoms with van der Waals surface area (Å²) in [7, 11) is 0. The first-order chi connectivity index (χ1) is 7.19. The van der Waals surface area contributed by atoms with E-state index in [9.17, 15) is 0 Å². The van der Waals surface area contributed by atoms with Gasteiger partial charge in [0.2, 0.25) is 0 Å². The number of hydrogen-bond donors (Lipinski definition) is 0. The average Bonchev–Trinajstić information content (AvgIpc) is 2.16. The van der Waals surface area contributed by atoms with Gasteiger partial charge in [-0.3, -0.25) is 0 Å². The molecular weight excluding hydrogens is 180 g/mol. The number of aryl methyl sites for hydroxylation is 3. The highest BCUT2D eigenvalue weighted by atomic mass is 14.4. The molecule has 0 heteroatoms. The van der Waals surface area contributed by atoms with Crippen molar-refractivity contribution in [1.29, 1.82) is 0 Å².